The third-order valence-electron chi connectivity index (χ3n) is 10.7. The molecule has 8 heteroatoms. The second-order valence-electron chi connectivity index (χ2n) is 16.2. The normalized spacial score (nSPS) is 19.3. The number of benzene rings is 3. The van der Waals surface area contributed by atoms with Crippen LogP contribution < -0.4 is 14.7 Å². The fraction of sp³-hybridized carbons (Fsp3) is 0.240. The summed E-state index contributed by atoms with van der Waals surface area (Å²) in [6.07, 6.45) is 15.0. The molecule has 7 rings (SSSR count). The lowest BCUT2D eigenvalue weighted by Gasteiger charge is -2.30. The summed E-state index contributed by atoms with van der Waals surface area (Å²) in [4.78, 5) is 15.3. The van der Waals surface area contributed by atoms with Gasteiger partial charge in [-0.3, -0.25) is 0 Å². The smallest absolute Gasteiger partial charge is 0.224 e. The predicted molar refractivity (Wildman–Crippen MR) is 248 cm³/mol. The molecule has 0 spiro atoms. The topological polar surface area (TPSA) is 27.7 Å². The highest BCUT2D eigenvalue weighted by atomic mass is 32.1. The fourth-order valence-electron chi connectivity index (χ4n) is 7.69. The van der Waals surface area contributed by atoms with Crippen LogP contribution in [0.1, 0.15) is 51.0 Å². The number of ether oxygens (including phenoxy) is 1. The van der Waals surface area contributed by atoms with E-state index in [-0.39, 0.29) is 5.41 Å². The molecule has 2 aromatic heterocycles. The monoisotopic (exact) mass is 799 g/mol. The molecule has 1 aliphatic heterocycles. The molecule has 0 amide bonds. The quantitative estimate of drug-likeness (QED) is 0.132. The van der Waals surface area contributed by atoms with E-state index in [1.54, 1.807) is 6.92 Å². The molecular formula is C50H49N5OS2. The van der Waals surface area contributed by atoms with Crippen molar-refractivity contribution in [2.45, 2.75) is 46.1 Å². The number of allylic oxidation sites excluding steroid dienone is 7. The fourth-order valence-corrected chi connectivity index (χ4v) is 10.0. The molecular weight excluding hydrogens is 751 g/mol. The van der Waals surface area contributed by atoms with Crippen LogP contribution in [-0.2, 0) is 10.3 Å². The Bertz CT molecular complexity index is 2520. The highest BCUT2D eigenvalue weighted by Gasteiger charge is 2.42. The van der Waals surface area contributed by atoms with E-state index in [1.807, 2.05) is 72.1 Å². The van der Waals surface area contributed by atoms with Gasteiger partial charge in [0, 0.05) is 70.8 Å². The van der Waals surface area contributed by atoms with Crippen molar-refractivity contribution in [1.29, 1.82) is 0 Å². The Balaban J connectivity index is 1.15. The first-order chi connectivity index (χ1) is 27.8. The Kier molecular flexibility index (Phi) is 11.4. The SMILES string of the molecule is [C-]#[N+]C1=C(/C=C/C=C2C=C(/C=C/c3cc4sc(N(c5ccc(N(C)C)cc5)c5ccc(N(C)C)cc5)cc4s3)CC(C)(C)C/2)C(C)(c2ccccc2)O/C1=C(\C)[N+]#[C-]. The molecule has 58 heavy (non-hydrogen) atoms. The van der Waals surface area contributed by atoms with Gasteiger partial charge >= 0.3 is 0 Å². The molecule has 0 fully saturated rings. The Morgan fingerprint density at radius 1 is 0.741 bits per heavy atom. The van der Waals surface area contributed by atoms with Crippen LogP contribution in [0, 0.1) is 18.6 Å². The highest BCUT2D eigenvalue weighted by molar-refractivity contribution is 7.30. The standard InChI is InChI=1S/C50H49N5OS2/c1-34(51-5)48-47(52-6)43(50(4,56-48)37-16-12-11-13-17-37)18-14-15-35-29-36(33-49(2,3)32-35)19-28-42-30-44-45(57-42)31-46(58-44)55(40-24-20-38(21-25-40)53(7)8)41-26-22-39(23-27-41)54(9)10/h11-31H,32-33H2,1-4,7-10H3/b18-14+,28-19+,35-15-,48-34+. The lowest BCUT2D eigenvalue weighted by molar-refractivity contribution is 0.0747. The van der Waals surface area contributed by atoms with Gasteiger partial charge in [-0.05, 0) is 116 Å². The molecule has 5 aromatic rings. The van der Waals surface area contributed by atoms with Crippen molar-refractivity contribution in [2.24, 2.45) is 5.41 Å². The van der Waals surface area contributed by atoms with Crippen molar-refractivity contribution >= 4 is 65.9 Å². The average molecular weight is 800 g/mol. The van der Waals surface area contributed by atoms with E-state index >= 15 is 0 Å². The van der Waals surface area contributed by atoms with Crippen molar-refractivity contribution in [3.63, 3.8) is 0 Å². The zero-order valence-electron chi connectivity index (χ0n) is 34.5. The summed E-state index contributed by atoms with van der Waals surface area (Å²) < 4.78 is 9.00. The molecule has 3 aromatic carbocycles. The van der Waals surface area contributed by atoms with Gasteiger partial charge in [0.25, 0.3) is 0 Å². The van der Waals surface area contributed by atoms with E-state index in [9.17, 15) is 0 Å². The van der Waals surface area contributed by atoms with Gasteiger partial charge in [-0.25, -0.2) is 9.69 Å². The van der Waals surface area contributed by atoms with E-state index < -0.39 is 5.60 Å². The molecule has 2 aliphatic rings. The molecule has 292 valence electrons. The number of thiophene rings is 2. The van der Waals surface area contributed by atoms with Gasteiger partial charge in [0.1, 0.15) is 16.4 Å². The van der Waals surface area contributed by atoms with Gasteiger partial charge in [0.05, 0.1) is 13.1 Å². The van der Waals surface area contributed by atoms with Gasteiger partial charge in [0.15, 0.2) is 5.70 Å². The van der Waals surface area contributed by atoms with Gasteiger partial charge in [-0.15, -0.1) is 22.7 Å². The lowest BCUT2D eigenvalue weighted by atomic mass is 9.75. The second kappa shape index (κ2) is 16.4. The van der Waals surface area contributed by atoms with Crippen LogP contribution in [0.3, 0.4) is 0 Å². The summed E-state index contributed by atoms with van der Waals surface area (Å²) in [5, 5.41) is 1.19. The van der Waals surface area contributed by atoms with E-state index in [0.717, 1.165) is 35.4 Å². The number of rotatable bonds is 10. The minimum absolute atomic E-state index is 0.0936. The van der Waals surface area contributed by atoms with Crippen LogP contribution in [0.25, 0.3) is 25.2 Å². The van der Waals surface area contributed by atoms with Gasteiger partial charge in [-0.2, -0.15) is 0 Å². The van der Waals surface area contributed by atoms with Crippen molar-refractivity contribution < 1.29 is 4.74 Å². The summed E-state index contributed by atoms with van der Waals surface area (Å²) in [5.41, 5.74) is 8.82. The number of hydrogen-bond acceptors (Lipinski definition) is 6. The van der Waals surface area contributed by atoms with Crippen molar-refractivity contribution in [2.75, 3.05) is 42.9 Å². The Hall–Kier alpha value is -6.06. The first-order valence-electron chi connectivity index (χ1n) is 19.4. The van der Waals surface area contributed by atoms with Crippen LogP contribution >= 0.6 is 22.7 Å². The second-order valence-corrected chi connectivity index (χ2v) is 18.4. The van der Waals surface area contributed by atoms with Crippen molar-refractivity contribution in [1.82, 2.24) is 0 Å². The van der Waals surface area contributed by atoms with Crippen LogP contribution in [-0.4, -0.2) is 28.2 Å². The zero-order valence-corrected chi connectivity index (χ0v) is 36.1. The molecule has 3 heterocycles. The molecule has 0 N–H and O–H groups in total. The molecule has 0 saturated carbocycles. The Morgan fingerprint density at radius 3 is 1.91 bits per heavy atom. The van der Waals surface area contributed by atoms with E-state index in [4.69, 9.17) is 17.9 Å². The summed E-state index contributed by atoms with van der Waals surface area (Å²) >= 11 is 3.65. The van der Waals surface area contributed by atoms with Crippen LogP contribution in [0.15, 0.2) is 155 Å². The lowest BCUT2D eigenvalue weighted by Crippen LogP contribution is -2.23. The van der Waals surface area contributed by atoms with E-state index in [1.165, 1.54) is 41.8 Å². The zero-order chi connectivity index (χ0) is 41.2. The van der Waals surface area contributed by atoms with E-state index in [0.29, 0.717) is 17.2 Å². The number of nitrogens with zero attached hydrogens (tertiary/aromatic N) is 5. The third kappa shape index (κ3) is 8.31. The molecule has 1 aliphatic carbocycles. The molecule has 1 atom stereocenters. The Labute approximate surface area is 352 Å². The average Bonchev–Trinajstić information content (AvgIpc) is 3.87. The van der Waals surface area contributed by atoms with Crippen LogP contribution in [0.5, 0.6) is 0 Å². The highest BCUT2D eigenvalue weighted by Crippen LogP contribution is 2.48. The Morgan fingerprint density at radius 2 is 1.34 bits per heavy atom. The van der Waals surface area contributed by atoms with Crippen LogP contribution in [0.2, 0.25) is 0 Å². The van der Waals surface area contributed by atoms with Crippen molar-refractivity contribution in [3.8, 4) is 0 Å². The molecule has 1 unspecified atom stereocenters. The molecule has 0 saturated heterocycles. The van der Waals surface area contributed by atoms with Gasteiger partial charge in [0.2, 0.25) is 5.70 Å². The maximum atomic E-state index is 8.04. The number of anilines is 5. The minimum atomic E-state index is -0.879. The maximum Gasteiger partial charge on any atom is 0.224 e. The maximum absolute atomic E-state index is 8.04. The summed E-state index contributed by atoms with van der Waals surface area (Å²) in [6, 6.07) is 32.1. The van der Waals surface area contributed by atoms with Crippen molar-refractivity contribution in [3.05, 3.63) is 189 Å². The predicted octanol–water partition coefficient (Wildman–Crippen LogP) is 14.1. The number of hydrogen-bond donors (Lipinski definition) is 0. The first kappa shape index (κ1) is 40.1. The summed E-state index contributed by atoms with van der Waals surface area (Å²) in [5.74, 6) is 0.363. The summed E-state index contributed by atoms with van der Waals surface area (Å²) in [6.45, 7) is 24.0. The largest absolute Gasteiger partial charge is 0.502 e. The third-order valence-corrected chi connectivity index (χ3v) is 12.9. The minimum Gasteiger partial charge on any atom is -0.502 e. The molecule has 0 radical (unpaired) electrons. The van der Waals surface area contributed by atoms with E-state index in [2.05, 4.69) is 151 Å². The molecule has 6 nitrogen and oxygen atoms in total. The van der Waals surface area contributed by atoms with Gasteiger partial charge in [-0.1, -0.05) is 74.6 Å². The number of fused-ring (bicyclic) bond motifs is 1. The summed E-state index contributed by atoms with van der Waals surface area (Å²) in [7, 11) is 8.28. The molecule has 0 bridgehead atoms. The van der Waals surface area contributed by atoms with Crippen LogP contribution in [0.4, 0.5) is 27.8 Å². The first-order valence-corrected chi connectivity index (χ1v) is 21.0. The van der Waals surface area contributed by atoms with Gasteiger partial charge < -0.3 is 19.4 Å².